The smallest absolute Gasteiger partial charge is 0.343 e. The third-order valence-electron chi connectivity index (χ3n) is 3.11. The standard InChI is InChI=1S/C13H16O5/c1-3-4-5-8-7-6-9(17-2)11(14)12(15)10(7)13(16)18-8/h6,8,14-15H,3-5H2,1-2H3. The molecule has 1 heterocycles. The van der Waals surface area contributed by atoms with E-state index in [1.54, 1.807) is 6.07 Å². The summed E-state index contributed by atoms with van der Waals surface area (Å²) in [6.45, 7) is 2.05. The number of phenols is 2. The summed E-state index contributed by atoms with van der Waals surface area (Å²) in [6.07, 6.45) is 2.24. The molecule has 0 fully saturated rings. The Kier molecular flexibility index (Phi) is 3.32. The molecule has 0 saturated carbocycles. The van der Waals surface area contributed by atoms with Crippen molar-refractivity contribution >= 4 is 5.97 Å². The van der Waals surface area contributed by atoms with Crippen LogP contribution in [0.3, 0.4) is 0 Å². The molecule has 0 aliphatic carbocycles. The Labute approximate surface area is 105 Å². The second kappa shape index (κ2) is 4.76. The summed E-state index contributed by atoms with van der Waals surface area (Å²) in [4.78, 5) is 11.7. The van der Waals surface area contributed by atoms with Gasteiger partial charge in [0.05, 0.1) is 7.11 Å². The van der Waals surface area contributed by atoms with E-state index in [1.165, 1.54) is 7.11 Å². The van der Waals surface area contributed by atoms with Crippen LogP contribution >= 0.6 is 0 Å². The lowest BCUT2D eigenvalue weighted by molar-refractivity contribution is 0.0362. The molecular weight excluding hydrogens is 236 g/mol. The van der Waals surface area contributed by atoms with Gasteiger partial charge < -0.3 is 19.7 Å². The molecule has 98 valence electrons. The van der Waals surface area contributed by atoms with Gasteiger partial charge in [-0.25, -0.2) is 4.79 Å². The van der Waals surface area contributed by atoms with Crippen LogP contribution in [0.25, 0.3) is 0 Å². The Morgan fingerprint density at radius 1 is 1.39 bits per heavy atom. The monoisotopic (exact) mass is 252 g/mol. The lowest BCUT2D eigenvalue weighted by Gasteiger charge is -2.11. The molecule has 0 amide bonds. The van der Waals surface area contributed by atoms with E-state index >= 15 is 0 Å². The number of hydrogen-bond acceptors (Lipinski definition) is 5. The summed E-state index contributed by atoms with van der Waals surface area (Å²) >= 11 is 0. The first-order valence-electron chi connectivity index (χ1n) is 5.93. The number of ether oxygens (including phenoxy) is 2. The van der Waals surface area contributed by atoms with Crippen molar-refractivity contribution in [2.24, 2.45) is 0 Å². The lowest BCUT2D eigenvalue weighted by Crippen LogP contribution is -1.98. The number of fused-ring (bicyclic) bond motifs is 1. The Morgan fingerprint density at radius 3 is 2.72 bits per heavy atom. The van der Waals surface area contributed by atoms with Crippen LogP contribution in [0.2, 0.25) is 0 Å². The molecule has 18 heavy (non-hydrogen) atoms. The second-order valence-corrected chi connectivity index (χ2v) is 4.28. The molecular formula is C13H16O5. The third-order valence-corrected chi connectivity index (χ3v) is 3.11. The Bertz CT molecular complexity index is 481. The van der Waals surface area contributed by atoms with E-state index in [-0.39, 0.29) is 17.4 Å². The number of phenolic OH excluding ortho intramolecular Hbond substituents is 2. The van der Waals surface area contributed by atoms with Crippen LogP contribution in [0.5, 0.6) is 17.2 Å². The number of hydrogen-bond donors (Lipinski definition) is 2. The number of unbranched alkanes of at least 4 members (excludes halogenated alkanes) is 1. The third kappa shape index (κ3) is 1.85. The van der Waals surface area contributed by atoms with Crippen molar-refractivity contribution in [3.8, 4) is 17.2 Å². The van der Waals surface area contributed by atoms with Gasteiger partial charge in [0.25, 0.3) is 0 Å². The Morgan fingerprint density at radius 2 is 2.11 bits per heavy atom. The lowest BCUT2D eigenvalue weighted by atomic mass is 9.99. The van der Waals surface area contributed by atoms with Crippen LogP contribution in [0.15, 0.2) is 6.07 Å². The zero-order valence-electron chi connectivity index (χ0n) is 10.4. The molecule has 2 N–H and O–H groups in total. The second-order valence-electron chi connectivity index (χ2n) is 4.28. The van der Waals surface area contributed by atoms with Gasteiger partial charge in [0.2, 0.25) is 5.75 Å². The van der Waals surface area contributed by atoms with Crippen LogP contribution in [-0.4, -0.2) is 23.3 Å². The minimum absolute atomic E-state index is 0.0504. The molecule has 0 aromatic heterocycles. The SMILES string of the molecule is CCCCC1OC(=O)c2c1cc(OC)c(O)c2O. The number of rotatable bonds is 4. The van der Waals surface area contributed by atoms with Crippen molar-refractivity contribution in [2.45, 2.75) is 32.3 Å². The predicted octanol–water partition coefficient (Wildman–Crippen LogP) is 2.51. The minimum Gasteiger partial charge on any atom is -0.504 e. The van der Waals surface area contributed by atoms with E-state index in [1.807, 2.05) is 6.92 Å². The van der Waals surface area contributed by atoms with E-state index < -0.39 is 17.5 Å². The first-order chi connectivity index (χ1) is 8.60. The largest absolute Gasteiger partial charge is 0.504 e. The van der Waals surface area contributed by atoms with E-state index in [9.17, 15) is 15.0 Å². The summed E-state index contributed by atoms with van der Waals surface area (Å²) in [5.74, 6) is -1.34. The van der Waals surface area contributed by atoms with Gasteiger partial charge in [0, 0.05) is 5.56 Å². The van der Waals surface area contributed by atoms with Gasteiger partial charge in [-0.1, -0.05) is 13.3 Å². The molecule has 0 saturated heterocycles. The predicted molar refractivity (Wildman–Crippen MR) is 64.0 cm³/mol. The molecule has 0 spiro atoms. The van der Waals surface area contributed by atoms with E-state index in [2.05, 4.69) is 0 Å². The van der Waals surface area contributed by atoms with Gasteiger partial charge in [-0.3, -0.25) is 0 Å². The molecule has 0 bridgehead atoms. The number of carbonyl (C=O) groups excluding carboxylic acids is 1. The molecule has 1 aromatic rings. The van der Waals surface area contributed by atoms with Crippen LogP contribution in [0.4, 0.5) is 0 Å². The Balaban J connectivity index is 2.46. The number of benzene rings is 1. The van der Waals surface area contributed by atoms with Crippen molar-refractivity contribution in [3.63, 3.8) is 0 Å². The van der Waals surface area contributed by atoms with Gasteiger partial charge in [-0.2, -0.15) is 0 Å². The van der Waals surface area contributed by atoms with Crippen LogP contribution in [0.1, 0.15) is 48.2 Å². The number of carbonyl (C=O) groups is 1. The average Bonchev–Trinajstić information content (AvgIpc) is 2.67. The van der Waals surface area contributed by atoms with Gasteiger partial charge in [0.1, 0.15) is 11.7 Å². The Hall–Kier alpha value is -1.91. The topological polar surface area (TPSA) is 76.0 Å². The van der Waals surface area contributed by atoms with Gasteiger partial charge in [-0.05, 0) is 18.9 Å². The summed E-state index contributed by atoms with van der Waals surface area (Å²) in [6, 6.07) is 1.55. The zero-order valence-corrected chi connectivity index (χ0v) is 10.4. The molecule has 1 aliphatic heterocycles. The first kappa shape index (κ1) is 12.5. The quantitative estimate of drug-likeness (QED) is 0.636. The van der Waals surface area contributed by atoms with E-state index in [4.69, 9.17) is 9.47 Å². The normalized spacial score (nSPS) is 17.4. The van der Waals surface area contributed by atoms with Crippen LogP contribution in [-0.2, 0) is 4.74 Å². The van der Waals surface area contributed by atoms with Crippen LogP contribution < -0.4 is 4.74 Å². The van der Waals surface area contributed by atoms with E-state index in [0.717, 1.165) is 12.8 Å². The summed E-state index contributed by atoms with van der Waals surface area (Å²) in [5.41, 5.74) is 0.634. The summed E-state index contributed by atoms with van der Waals surface area (Å²) in [5, 5.41) is 19.5. The van der Waals surface area contributed by atoms with Crippen molar-refractivity contribution < 1.29 is 24.5 Å². The number of cyclic esters (lactones) is 1. The fraction of sp³-hybridized carbons (Fsp3) is 0.462. The maximum Gasteiger partial charge on any atom is 0.343 e. The van der Waals surface area contributed by atoms with Crippen molar-refractivity contribution in [3.05, 3.63) is 17.2 Å². The van der Waals surface area contributed by atoms with Gasteiger partial charge >= 0.3 is 5.97 Å². The van der Waals surface area contributed by atoms with Crippen molar-refractivity contribution in [2.75, 3.05) is 7.11 Å². The molecule has 1 unspecified atom stereocenters. The van der Waals surface area contributed by atoms with E-state index in [0.29, 0.717) is 12.0 Å². The number of aromatic hydroxyl groups is 2. The molecule has 0 radical (unpaired) electrons. The van der Waals surface area contributed by atoms with Crippen molar-refractivity contribution in [1.29, 1.82) is 0 Å². The fourth-order valence-corrected chi connectivity index (χ4v) is 2.13. The number of methoxy groups -OCH3 is 1. The van der Waals surface area contributed by atoms with Gasteiger partial charge in [-0.15, -0.1) is 0 Å². The maximum absolute atomic E-state index is 11.7. The minimum atomic E-state index is -0.596. The first-order valence-corrected chi connectivity index (χ1v) is 5.93. The fourth-order valence-electron chi connectivity index (χ4n) is 2.13. The highest BCUT2D eigenvalue weighted by molar-refractivity contribution is 5.98. The average molecular weight is 252 g/mol. The maximum atomic E-state index is 11.7. The molecule has 1 aromatic carbocycles. The van der Waals surface area contributed by atoms with Gasteiger partial charge in [0.15, 0.2) is 11.5 Å². The molecule has 5 heteroatoms. The highest BCUT2D eigenvalue weighted by Crippen LogP contribution is 2.47. The molecule has 1 aliphatic rings. The molecule has 2 rings (SSSR count). The zero-order chi connectivity index (χ0) is 13.3. The summed E-state index contributed by atoms with van der Waals surface area (Å²) in [7, 11) is 1.39. The highest BCUT2D eigenvalue weighted by Gasteiger charge is 2.36. The highest BCUT2D eigenvalue weighted by atomic mass is 16.5. The molecule has 5 nitrogen and oxygen atoms in total. The van der Waals surface area contributed by atoms with Crippen molar-refractivity contribution in [1.82, 2.24) is 0 Å². The summed E-state index contributed by atoms with van der Waals surface area (Å²) < 4.78 is 10.2. The molecule has 1 atom stereocenters. The number of esters is 1. The van der Waals surface area contributed by atoms with Crippen LogP contribution in [0, 0.1) is 0 Å².